The maximum atomic E-state index is 5.99. The third-order valence-corrected chi connectivity index (χ3v) is 6.12. The first-order chi connectivity index (χ1) is 12.8. The monoisotopic (exact) mass is 370 g/mol. The van der Waals surface area contributed by atoms with Crippen molar-refractivity contribution in [2.45, 2.75) is 57.3 Å². The van der Waals surface area contributed by atoms with Gasteiger partial charge in [0.2, 0.25) is 0 Å². The molecule has 0 atom stereocenters. The minimum absolute atomic E-state index is 0.749. The van der Waals surface area contributed by atoms with Crippen molar-refractivity contribution >= 4 is 11.6 Å². The van der Waals surface area contributed by atoms with Gasteiger partial charge in [0.25, 0.3) is 0 Å². The molecule has 26 heavy (non-hydrogen) atoms. The van der Waals surface area contributed by atoms with E-state index in [4.69, 9.17) is 16.3 Å². The van der Waals surface area contributed by atoms with Crippen LogP contribution in [0, 0.1) is 5.92 Å². The average Bonchev–Trinajstić information content (AvgIpc) is 2.69. The number of rotatable bonds is 8. The van der Waals surface area contributed by atoms with E-state index in [9.17, 15) is 0 Å². The highest BCUT2D eigenvalue weighted by Gasteiger charge is 2.22. The van der Waals surface area contributed by atoms with Crippen LogP contribution in [0.15, 0.2) is 48.5 Å². The van der Waals surface area contributed by atoms with Crippen LogP contribution in [-0.4, -0.2) is 13.7 Å². The van der Waals surface area contributed by atoms with Gasteiger partial charge in [-0.2, -0.15) is 0 Å². The normalized spacial score (nSPS) is 20.2. The molecule has 0 spiro atoms. The first kappa shape index (κ1) is 19.5. The van der Waals surface area contributed by atoms with Crippen molar-refractivity contribution in [3.63, 3.8) is 0 Å². The Morgan fingerprint density at radius 1 is 0.808 bits per heavy atom. The first-order valence-electron chi connectivity index (χ1n) is 10.1. The molecular weight excluding hydrogens is 340 g/mol. The summed E-state index contributed by atoms with van der Waals surface area (Å²) in [7, 11) is 1.79. The smallest absolute Gasteiger partial charge is 0.0462 e. The molecule has 0 unspecified atom stereocenters. The minimum Gasteiger partial charge on any atom is -0.385 e. The predicted molar refractivity (Wildman–Crippen MR) is 112 cm³/mol. The summed E-state index contributed by atoms with van der Waals surface area (Å²) in [6.07, 6.45) is 10.8. The van der Waals surface area contributed by atoms with Crippen molar-refractivity contribution in [2.24, 2.45) is 5.92 Å². The van der Waals surface area contributed by atoms with E-state index in [2.05, 4.69) is 36.4 Å². The zero-order valence-corrected chi connectivity index (χ0v) is 16.7. The second-order valence-corrected chi connectivity index (χ2v) is 8.13. The molecule has 0 heterocycles. The van der Waals surface area contributed by atoms with Crippen molar-refractivity contribution in [3.8, 4) is 11.1 Å². The molecule has 0 bridgehead atoms. The second-order valence-electron chi connectivity index (χ2n) is 7.69. The number of halogens is 1. The van der Waals surface area contributed by atoms with Crippen LogP contribution in [0.1, 0.15) is 62.8 Å². The number of hydrogen-bond donors (Lipinski definition) is 0. The van der Waals surface area contributed by atoms with Crippen molar-refractivity contribution in [2.75, 3.05) is 13.7 Å². The van der Waals surface area contributed by atoms with Gasteiger partial charge in [-0.15, -0.1) is 0 Å². The lowest BCUT2D eigenvalue weighted by molar-refractivity contribution is 0.190. The zero-order valence-electron chi connectivity index (χ0n) is 15.9. The van der Waals surface area contributed by atoms with Crippen molar-refractivity contribution in [3.05, 3.63) is 59.1 Å². The Balaban J connectivity index is 1.46. The van der Waals surface area contributed by atoms with E-state index in [0.29, 0.717) is 0 Å². The van der Waals surface area contributed by atoms with Crippen molar-refractivity contribution in [1.29, 1.82) is 0 Å². The van der Waals surface area contributed by atoms with Gasteiger partial charge in [-0.25, -0.2) is 0 Å². The van der Waals surface area contributed by atoms with Gasteiger partial charge in [-0.05, 0) is 72.8 Å². The number of ether oxygens (including phenoxy) is 1. The molecule has 140 valence electrons. The summed E-state index contributed by atoms with van der Waals surface area (Å²) < 4.78 is 5.13. The fraction of sp³-hybridized carbons (Fsp3) is 0.500. The third kappa shape index (κ3) is 5.59. The number of unbranched alkanes of at least 4 members (excludes halogenated alkanes) is 2. The Morgan fingerprint density at radius 3 is 2.04 bits per heavy atom. The summed E-state index contributed by atoms with van der Waals surface area (Å²) in [5, 5.41) is 0.792. The van der Waals surface area contributed by atoms with E-state index >= 15 is 0 Å². The van der Waals surface area contributed by atoms with E-state index in [1.54, 1.807) is 7.11 Å². The van der Waals surface area contributed by atoms with Gasteiger partial charge in [-0.1, -0.05) is 67.3 Å². The Bertz CT molecular complexity index is 639. The lowest BCUT2D eigenvalue weighted by Crippen LogP contribution is -2.13. The molecule has 1 saturated carbocycles. The van der Waals surface area contributed by atoms with Gasteiger partial charge in [0, 0.05) is 18.7 Å². The largest absolute Gasteiger partial charge is 0.385 e. The molecule has 0 saturated heterocycles. The Hall–Kier alpha value is -1.31. The fourth-order valence-corrected chi connectivity index (χ4v) is 4.36. The average molecular weight is 371 g/mol. The summed E-state index contributed by atoms with van der Waals surface area (Å²) in [6.45, 7) is 0.915. The number of methoxy groups -OCH3 is 1. The highest BCUT2D eigenvalue weighted by molar-refractivity contribution is 6.30. The molecule has 0 N–H and O–H groups in total. The maximum absolute atomic E-state index is 5.99. The molecule has 0 amide bonds. The van der Waals surface area contributed by atoms with Crippen molar-refractivity contribution < 1.29 is 4.74 Å². The van der Waals surface area contributed by atoms with Crippen molar-refractivity contribution in [1.82, 2.24) is 0 Å². The summed E-state index contributed by atoms with van der Waals surface area (Å²) in [6, 6.07) is 17.3. The van der Waals surface area contributed by atoms with Crippen LogP contribution < -0.4 is 0 Å². The Kier molecular flexibility index (Phi) is 7.58. The summed E-state index contributed by atoms with van der Waals surface area (Å²) in [5.41, 5.74) is 4.02. The van der Waals surface area contributed by atoms with E-state index in [0.717, 1.165) is 23.5 Å². The van der Waals surface area contributed by atoms with Crippen LogP contribution >= 0.6 is 11.6 Å². The molecule has 0 aliphatic heterocycles. The number of hydrogen-bond acceptors (Lipinski definition) is 1. The first-order valence-corrected chi connectivity index (χ1v) is 10.5. The van der Waals surface area contributed by atoms with Crippen LogP contribution in [0.2, 0.25) is 5.02 Å². The molecule has 2 aromatic carbocycles. The molecule has 1 fully saturated rings. The van der Waals surface area contributed by atoms with E-state index < -0.39 is 0 Å². The van der Waals surface area contributed by atoms with Crippen LogP contribution in [0.25, 0.3) is 11.1 Å². The van der Waals surface area contributed by atoms with Crippen LogP contribution in [0.4, 0.5) is 0 Å². The zero-order chi connectivity index (χ0) is 18.2. The van der Waals surface area contributed by atoms with Gasteiger partial charge in [0.1, 0.15) is 0 Å². The Morgan fingerprint density at radius 2 is 1.42 bits per heavy atom. The minimum atomic E-state index is 0.749. The van der Waals surface area contributed by atoms with E-state index in [1.807, 2.05) is 12.1 Å². The lowest BCUT2D eigenvalue weighted by Gasteiger charge is -2.29. The molecule has 2 aromatic rings. The van der Waals surface area contributed by atoms with Gasteiger partial charge in [0.05, 0.1) is 0 Å². The van der Waals surface area contributed by atoms with Gasteiger partial charge >= 0.3 is 0 Å². The van der Waals surface area contributed by atoms with Crippen LogP contribution in [0.5, 0.6) is 0 Å². The molecule has 1 nitrogen and oxygen atoms in total. The molecule has 2 heteroatoms. The van der Waals surface area contributed by atoms with Crippen LogP contribution in [0.3, 0.4) is 0 Å². The molecule has 0 aromatic heterocycles. The predicted octanol–water partition coefficient (Wildman–Crippen LogP) is 7.49. The standard InChI is InChI=1S/C24H31ClO/c1-26-18-4-2-3-5-19-6-8-20(9-7-19)21-10-12-22(13-11-21)23-14-16-24(25)17-15-23/h10-17,19-20H,2-9,18H2,1H3. The van der Waals surface area contributed by atoms with Gasteiger partial charge in [-0.3, -0.25) is 0 Å². The molecule has 0 radical (unpaired) electrons. The van der Waals surface area contributed by atoms with E-state index in [1.165, 1.54) is 68.1 Å². The lowest BCUT2D eigenvalue weighted by atomic mass is 9.77. The van der Waals surface area contributed by atoms with E-state index in [-0.39, 0.29) is 0 Å². The summed E-state index contributed by atoms with van der Waals surface area (Å²) in [5.74, 6) is 1.70. The highest BCUT2D eigenvalue weighted by atomic mass is 35.5. The third-order valence-electron chi connectivity index (χ3n) is 5.87. The molecule has 1 aliphatic rings. The molecule has 3 rings (SSSR count). The molecule has 1 aliphatic carbocycles. The fourth-order valence-electron chi connectivity index (χ4n) is 4.23. The summed E-state index contributed by atoms with van der Waals surface area (Å²) in [4.78, 5) is 0. The summed E-state index contributed by atoms with van der Waals surface area (Å²) >= 11 is 5.99. The van der Waals surface area contributed by atoms with Gasteiger partial charge < -0.3 is 4.74 Å². The topological polar surface area (TPSA) is 9.23 Å². The molecular formula is C24H31ClO. The SMILES string of the molecule is COCCCCCC1CCC(c2ccc(-c3ccc(Cl)cc3)cc2)CC1. The highest BCUT2D eigenvalue weighted by Crippen LogP contribution is 2.38. The quantitative estimate of drug-likeness (QED) is 0.437. The van der Waals surface area contributed by atoms with Crippen LogP contribution in [-0.2, 0) is 4.74 Å². The number of benzene rings is 2. The Labute approximate surface area is 163 Å². The maximum Gasteiger partial charge on any atom is 0.0462 e. The second kappa shape index (κ2) is 10.1. The van der Waals surface area contributed by atoms with Gasteiger partial charge in [0.15, 0.2) is 0 Å².